The molecule has 0 aliphatic rings. The first-order valence-corrected chi connectivity index (χ1v) is 7.82. The van der Waals surface area contributed by atoms with Gasteiger partial charge in [0.05, 0.1) is 0 Å². The molecule has 2 rings (SSSR count). The minimum absolute atomic E-state index is 0.259. The zero-order valence-electron chi connectivity index (χ0n) is 13.3. The molecule has 0 bridgehead atoms. The maximum Gasteiger partial charge on any atom is 0.0410 e. The fourth-order valence-corrected chi connectivity index (χ4v) is 2.50. The van der Waals surface area contributed by atoms with E-state index >= 15 is 0 Å². The number of rotatable bonds is 6. The highest BCUT2D eigenvalue weighted by atomic mass is 15.1. The predicted octanol–water partition coefficient (Wildman–Crippen LogP) is 4.43. The highest BCUT2D eigenvalue weighted by Crippen LogP contribution is 2.25. The van der Waals surface area contributed by atoms with Crippen molar-refractivity contribution in [3.05, 3.63) is 59.7 Å². The molecule has 0 heterocycles. The van der Waals surface area contributed by atoms with Gasteiger partial charge in [-0.15, -0.1) is 0 Å². The fourth-order valence-electron chi connectivity index (χ4n) is 2.50. The van der Waals surface area contributed by atoms with Crippen molar-refractivity contribution in [3.63, 3.8) is 0 Å². The van der Waals surface area contributed by atoms with Crippen molar-refractivity contribution in [2.75, 3.05) is 11.4 Å². The summed E-state index contributed by atoms with van der Waals surface area (Å²) in [6, 6.07) is 17.7. The lowest BCUT2D eigenvalue weighted by Crippen LogP contribution is -2.21. The zero-order valence-corrected chi connectivity index (χ0v) is 13.3. The average molecular weight is 282 g/mol. The van der Waals surface area contributed by atoms with Crippen LogP contribution in [0.2, 0.25) is 0 Å². The van der Waals surface area contributed by atoms with Crippen molar-refractivity contribution in [1.82, 2.24) is 0 Å². The molecule has 0 aliphatic carbocycles. The predicted molar refractivity (Wildman–Crippen MR) is 92.3 cm³/mol. The molecule has 1 atom stereocenters. The molecule has 1 unspecified atom stereocenters. The van der Waals surface area contributed by atoms with Gasteiger partial charge in [-0.25, -0.2) is 0 Å². The zero-order chi connectivity index (χ0) is 15.2. The van der Waals surface area contributed by atoms with Gasteiger partial charge in [0.2, 0.25) is 0 Å². The Morgan fingerprint density at radius 3 is 1.90 bits per heavy atom. The van der Waals surface area contributed by atoms with Crippen molar-refractivity contribution >= 4 is 11.4 Å². The van der Waals surface area contributed by atoms with Gasteiger partial charge in [0.25, 0.3) is 0 Å². The number of anilines is 2. The quantitative estimate of drug-likeness (QED) is 0.849. The summed E-state index contributed by atoms with van der Waals surface area (Å²) in [7, 11) is 0. The highest BCUT2D eigenvalue weighted by Gasteiger charge is 2.07. The molecule has 0 amide bonds. The number of hydrogen-bond acceptors (Lipinski definition) is 2. The van der Waals surface area contributed by atoms with Crippen LogP contribution >= 0.6 is 0 Å². The molecule has 0 aromatic heterocycles. The molecule has 0 aliphatic heterocycles. The Labute approximate surface area is 128 Å². The second-order valence-electron chi connectivity index (χ2n) is 5.62. The van der Waals surface area contributed by atoms with Gasteiger partial charge in [0.15, 0.2) is 0 Å². The van der Waals surface area contributed by atoms with Crippen LogP contribution in [0.1, 0.15) is 31.4 Å². The molecule has 112 valence electrons. The van der Waals surface area contributed by atoms with Gasteiger partial charge in [-0.1, -0.05) is 36.8 Å². The van der Waals surface area contributed by atoms with Crippen molar-refractivity contribution in [1.29, 1.82) is 0 Å². The van der Waals surface area contributed by atoms with E-state index in [1.807, 2.05) is 0 Å². The highest BCUT2D eigenvalue weighted by molar-refractivity contribution is 5.63. The lowest BCUT2D eigenvalue weighted by atomic mass is 10.0. The molecule has 0 fully saturated rings. The van der Waals surface area contributed by atoms with E-state index in [4.69, 9.17) is 5.73 Å². The number of nitrogens with zero attached hydrogens (tertiary/aromatic N) is 1. The summed E-state index contributed by atoms with van der Waals surface area (Å²) in [5, 5.41) is 0. The minimum Gasteiger partial charge on any atom is -0.342 e. The number of nitrogens with two attached hydrogens (primary N) is 1. The Morgan fingerprint density at radius 1 is 0.905 bits per heavy atom. The first kappa shape index (κ1) is 15.6. The fraction of sp³-hybridized carbons (Fsp3) is 0.368. The van der Waals surface area contributed by atoms with Crippen LogP contribution in [0.4, 0.5) is 11.4 Å². The summed E-state index contributed by atoms with van der Waals surface area (Å²) in [6.07, 6.45) is 1.97. The maximum atomic E-state index is 6.02. The third-order valence-corrected chi connectivity index (χ3v) is 3.93. The Balaban J connectivity index is 2.17. The Hall–Kier alpha value is -1.80. The van der Waals surface area contributed by atoms with Crippen molar-refractivity contribution in [2.24, 2.45) is 5.73 Å². The average Bonchev–Trinajstić information content (AvgIpc) is 2.51. The van der Waals surface area contributed by atoms with E-state index in [0.29, 0.717) is 0 Å². The molecule has 2 nitrogen and oxygen atoms in total. The molecule has 0 spiro atoms. The summed E-state index contributed by atoms with van der Waals surface area (Å²) in [6.45, 7) is 7.39. The Bertz CT molecular complexity index is 543. The molecular weight excluding hydrogens is 256 g/mol. The molecule has 21 heavy (non-hydrogen) atoms. The lowest BCUT2D eigenvalue weighted by molar-refractivity contribution is 0.646. The second-order valence-corrected chi connectivity index (χ2v) is 5.62. The summed E-state index contributed by atoms with van der Waals surface area (Å²) in [5.74, 6) is 0. The normalized spacial score (nSPS) is 12.2. The van der Waals surface area contributed by atoms with Gasteiger partial charge < -0.3 is 10.6 Å². The van der Waals surface area contributed by atoms with E-state index in [1.165, 1.54) is 22.5 Å². The molecule has 0 saturated heterocycles. The Kier molecular flexibility index (Phi) is 5.40. The smallest absolute Gasteiger partial charge is 0.0410 e. The lowest BCUT2D eigenvalue weighted by Gasteiger charge is -2.24. The summed E-state index contributed by atoms with van der Waals surface area (Å²) in [4.78, 5) is 2.32. The molecule has 0 radical (unpaired) electrons. The summed E-state index contributed by atoms with van der Waals surface area (Å²) < 4.78 is 0. The standard InChI is InChI=1S/C19H26N2/c1-4-17(20)14-16-8-12-19(13-9-16)21(5-2)18-10-6-15(3)7-11-18/h6-13,17H,4-5,14,20H2,1-3H3. The molecule has 2 N–H and O–H groups in total. The number of hydrogen-bond donors (Lipinski definition) is 1. The molecule has 2 heteroatoms. The van der Waals surface area contributed by atoms with Crippen LogP contribution in [0.15, 0.2) is 48.5 Å². The van der Waals surface area contributed by atoms with E-state index < -0.39 is 0 Å². The van der Waals surface area contributed by atoms with Crippen LogP contribution in [0.5, 0.6) is 0 Å². The van der Waals surface area contributed by atoms with Crippen molar-refractivity contribution in [3.8, 4) is 0 Å². The van der Waals surface area contributed by atoms with Crippen LogP contribution < -0.4 is 10.6 Å². The van der Waals surface area contributed by atoms with Gasteiger partial charge in [0.1, 0.15) is 0 Å². The summed E-state index contributed by atoms with van der Waals surface area (Å²) >= 11 is 0. The molecule has 0 saturated carbocycles. The van der Waals surface area contributed by atoms with E-state index in [2.05, 4.69) is 74.2 Å². The van der Waals surface area contributed by atoms with Gasteiger partial charge in [0, 0.05) is 24.0 Å². The Morgan fingerprint density at radius 2 is 1.43 bits per heavy atom. The van der Waals surface area contributed by atoms with Gasteiger partial charge in [-0.3, -0.25) is 0 Å². The first-order valence-electron chi connectivity index (χ1n) is 7.82. The number of benzene rings is 2. The van der Waals surface area contributed by atoms with Crippen molar-refractivity contribution in [2.45, 2.75) is 39.7 Å². The SMILES string of the molecule is CCC(N)Cc1ccc(N(CC)c2ccc(C)cc2)cc1. The largest absolute Gasteiger partial charge is 0.342 e. The van der Waals surface area contributed by atoms with E-state index in [0.717, 1.165) is 19.4 Å². The van der Waals surface area contributed by atoms with Gasteiger partial charge in [-0.05, 0) is 56.5 Å². The van der Waals surface area contributed by atoms with E-state index in [9.17, 15) is 0 Å². The number of aryl methyl sites for hydroxylation is 1. The maximum absolute atomic E-state index is 6.02. The molecular formula is C19H26N2. The topological polar surface area (TPSA) is 29.3 Å². The van der Waals surface area contributed by atoms with E-state index in [1.54, 1.807) is 0 Å². The minimum atomic E-state index is 0.259. The first-order chi connectivity index (χ1) is 10.1. The van der Waals surface area contributed by atoms with Gasteiger partial charge in [-0.2, -0.15) is 0 Å². The van der Waals surface area contributed by atoms with Crippen LogP contribution in [0, 0.1) is 6.92 Å². The third-order valence-electron chi connectivity index (χ3n) is 3.93. The summed E-state index contributed by atoms with van der Waals surface area (Å²) in [5.41, 5.74) is 11.1. The van der Waals surface area contributed by atoms with Crippen LogP contribution in [0.25, 0.3) is 0 Å². The van der Waals surface area contributed by atoms with E-state index in [-0.39, 0.29) is 6.04 Å². The van der Waals surface area contributed by atoms with Crippen LogP contribution in [-0.2, 0) is 6.42 Å². The monoisotopic (exact) mass is 282 g/mol. The van der Waals surface area contributed by atoms with Crippen LogP contribution in [0.3, 0.4) is 0 Å². The van der Waals surface area contributed by atoms with Gasteiger partial charge >= 0.3 is 0 Å². The van der Waals surface area contributed by atoms with Crippen LogP contribution in [-0.4, -0.2) is 12.6 Å². The van der Waals surface area contributed by atoms with Crippen molar-refractivity contribution < 1.29 is 0 Å². The molecule has 2 aromatic carbocycles. The second kappa shape index (κ2) is 7.28. The molecule has 2 aromatic rings. The third kappa shape index (κ3) is 4.08.